The maximum Gasteiger partial charge on any atom is 0.261 e. The molecule has 0 bridgehead atoms. The maximum atomic E-state index is 14.6. The Labute approximate surface area is 506 Å². The molecule has 3 aromatic carbocycles. The van der Waals surface area contributed by atoms with Crippen molar-refractivity contribution >= 4 is 65.0 Å². The molecule has 4 aliphatic heterocycles. The van der Waals surface area contributed by atoms with Crippen LogP contribution in [0.5, 0.6) is 11.5 Å². The molecular formula is C58H76N10O18S. The van der Waals surface area contributed by atoms with Crippen LogP contribution in [-0.2, 0) is 44.6 Å². The molecule has 1 saturated carbocycles. The first kappa shape index (κ1) is 65.6. The second-order valence-electron chi connectivity index (χ2n) is 22.9. The molecule has 0 aromatic heterocycles. The molecule has 29 heteroatoms. The van der Waals surface area contributed by atoms with E-state index in [2.05, 4.69) is 70.0 Å². The van der Waals surface area contributed by atoms with E-state index in [-0.39, 0.29) is 35.7 Å². The van der Waals surface area contributed by atoms with Crippen LogP contribution in [0.4, 0.5) is 11.4 Å². The quantitative estimate of drug-likeness (QED) is 0.0375. The SMILES string of the molecule is C[C@H](O)[C@@H]1NC(=O)[C@@H](NC(=O)c2ccc(N3CCN(c4ccc(C5CCCCC5)cc4)CC3)cc2)C[C@H](O)CNC(=O)[C@@H]2[C@@H](O)[C@H](C)CN2C(=O)[C@H]([C@H](O)CC#N)NC(=O)[C@H]([C@H](O)Cc2ccc(O)c(OSOOO)c2)NC(=O)[C@@H]2C[C@H](O)CN2C1=O. The summed E-state index contributed by atoms with van der Waals surface area (Å²) in [4.78, 5) is 107. The molecule has 5 aliphatic rings. The molecule has 13 atom stereocenters. The Bertz CT molecular complexity index is 2950. The second-order valence-corrected chi connectivity index (χ2v) is 23.3. The molecule has 0 spiro atoms. The van der Waals surface area contributed by atoms with Crippen LogP contribution in [0.15, 0.2) is 66.7 Å². The van der Waals surface area contributed by atoms with Crippen LogP contribution in [-0.4, -0.2) is 211 Å². The van der Waals surface area contributed by atoms with Gasteiger partial charge in [0, 0.05) is 87.9 Å². The van der Waals surface area contributed by atoms with Crippen molar-refractivity contribution in [1.29, 1.82) is 5.26 Å². The van der Waals surface area contributed by atoms with E-state index in [1.54, 1.807) is 30.3 Å². The Kier molecular flexibility index (Phi) is 22.6. The standard InChI is InChI=1S/C58H76N10O18S/c1-31-29-68-50(51(31)75)56(80)60-28-39(70)26-41(61-52(76)36-11-15-38(16-12-36)66-22-20-65(21-23-66)37-13-9-35(10-14-37)34-6-4-3-5-7-34)53(77)62-47(32(2)69)57(81)67-30-40(71)27-42(67)54(78)63-48(55(79)64-49(58(68)82)44(73)18-19-59)45(74)24-33-8-17-43(72)46(25-33)84-87-86-85-83/h8-17,25,31-32,34,39-42,44-45,47-51,69-75,83H,3-7,18,20-24,26-30H2,1-2H3,(H,60,80)(H,61,76)(H,62,77)(H,63,78)(H,64,79)/t31-,32+,39+,40+,41+,42+,44-,45-,47+,48+,49+,50+,51+/m1/s1. The number of nitrogens with zero attached hydrogens (tertiary/aromatic N) is 5. The van der Waals surface area contributed by atoms with Gasteiger partial charge >= 0.3 is 0 Å². The van der Waals surface area contributed by atoms with Crippen molar-refractivity contribution in [3.05, 3.63) is 83.4 Å². The molecule has 472 valence electrons. The Morgan fingerprint density at radius 2 is 1.37 bits per heavy atom. The zero-order valence-electron chi connectivity index (χ0n) is 48.1. The van der Waals surface area contributed by atoms with Gasteiger partial charge < -0.3 is 86.1 Å². The Morgan fingerprint density at radius 1 is 0.747 bits per heavy atom. The van der Waals surface area contributed by atoms with Gasteiger partial charge in [0.1, 0.15) is 36.3 Å². The summed E-state index contributed by atoms with van der Waals surface area (Å²) in [5, 5.41) is 112. The van der Waals surface area contributed by atoms with Gasteiger partial charge in [-0.1, -0.05) is 53.8 Å². The zero-order chi connectivity index (χ0) is 62.6. The molecule has 1 aliphatic carbocycles. The number of carbonyl (C=O) groups is 7. The highest BCUT2D eigenvalue weighted by atomic mass is 32.2. The van der Waals surface area contributed by atoms with Crippen LogP contribution in [0.25, 0.3) is 0 Å². The molecule has 5 fully saturated rings. The van der Waals surface area contributed by atoms with Crippen molar-refractivity contribution in [1.82, 2.24) is 36.4 Å². The minimum atomic E-state index is -2.14. The molecule has 8 rings (SSSR count). The molecule has 0 unspecified atom stereocenters. The summed E-state index contributed by atoms with van der Waals surface area (Å²) >= 11 is 0.0736. The highest BCUT2D eigenvalue weighted by Gasteiger charge is 2.50. The van der Waals surface area contributed by atoms with Crippen LogP contribution in [0, 0.1) is 17.2 Å². The number of piperazine rings is 1. The number of aromatic hydroxyl groups is 1. The Hall–Kier alpha value is -7.37. The van der Waals surface area contributed by atoms with Gasteiger partial charge in [-0.2, -0.15) is 5.26 Å². The number of phenolic OH excluding ortho intramolecular Hbond substituents is 1. The van der Waals surface area contributed by atoms with E-state index in [0.29, 0.717) is 19.0 Å². The summed E-state index contributed by atoms with van der Waals surface area (Å²) in [7, 11) is 0. The van der Waals surface area contributed by atoms with Crippen LogP contribution >= 0.6 is 12.3 Å². The van der Waals surface area contributed by atoms with Crippen LogP contribution < -0.4 is 40.6 Å². The van der Waals surface area contributed by atoms with Crippen molar-refractivity contribution in [2.24, 2.45) is 5.92 Å². The highest BCUT2D eigenvalue weighted by Crippen LogP contribution is 2.35. The number of β-amino-alcohol motifs (C(OH)–C–C–N with tert-alkyl or cyclic N) is 1. The van der Waals surface area contributed by atoms with E-state index in [9.17, 15) is 74.6 Å². The number of nitrogens with one attached hydrogen (secondary N) is 5. The van der Waals surface area contributed by atoms with Crippen LogP contribution in [0.3, 0.4) is 0 Å². The predicted molar refractivity (Wildman–Crippen MR) is 309 cm³/mol. The maximum absolute atomic E-state index is 14.6. The first-order valence-electron chi connectivity index (χ1n) is 29.0. The van der Waals surface area contributed by atoms with E-state index in [0.717, 1.165) is 53.3 Å². The number of phenols is 1. The number of aliphatic hydroxyl groups excluding tert-OH is 6. The van der Waals surface area contributed by atoms with Crippen molar-refractivity contribution < 1.29 is 88.1 Å². The van der Waals surface area contributed by atoms with Gasteiger partial charge in [-0.15, -0.1) is 0 Å². The number of rotatable bonds is 15. The summed E-state index contributed by atoms with van der Waals surface area (Å²) in [6.07, 6.45) is -6.69. The third-order valence-corrected chi connectivity index (χ3v) is 17.2. The average molecular weight is 1230 g/mol. The average Bonchev–Trinajstić information content (AvgIpc) is 1.99. The largest absolute Gasteiger partial charge is 0.504 e. The Balaban J connectivity index is 1.05. The smallest absolute Gasteiger partial charge is 0.261 e. The molecule has 3 aromatic rings. The number of amides is 7. The van der Waals surface area contributed by atoms with Crippen LogP contribution in [0.1, 0.15) is 92.6 Å². The number of hydrogen-bond donors (Lipinski definition) is 13. The molecule has 4 saturated heterocycles. The monoisotopic (exact) mass is 1230 g/mol. The number of aliphatic hydroxyl groups is 6. The van der Waals surface area contributed by atoms with E-state index in [1.807, 2.05) is 0 Å². The number of nitriles is 1. The fraction of sp³-hybridized carbons (Fsp3) is 0.552. The van der Waals surface area contributed by atoms with Gasteiger partial charge in [0.2, 0.25) is 35.4 Å². The van der Waals surface area contributed by atoms with Gasteiger partial charge in [0.15, 0.2) is 11.5 Å². The minimum Gasteiger partial charge on any atom is -0.504 e. The van der Waals surface area contributed by atoms with Gasteiger partial charge in [-0.05, 0) is 85.3 Å². The second kappa shape index (κ2) is 30.0. The molecule has 7 amide bonds. The number of anilines is 2. The number of fused-ring (bicyclic) bond motifs is 2. The number of carbonyl (C=O) groups excluding carboxylic acids is 7. The number of benzene rings is 3. The third-order valence-electron chi connectivity index (χ3n) is 16.8. The molecule has 87 heavy (non-hydrogen) atoms. The Morgan fingerprint density at radius 3 is 2.00 bits per heavy atom. The highest BCUT2D eigenvalue weighted by molar-refractivity contribution is 7.90. The fourth-order valence-electron chi connectivity index (χ4n) is 12.0. The zero-order valence-corrected chi connectivity index (χ0v) is 48.9. The molecule has 13 N–H and O–H groups in total. The predicted octanol–water partition coefficient (Wildman–Crippen LogP) is -1.01. The van der Waals surface area contributed by atoms with Gasteiger partial charge in [-0.25, -0.2) is 5.26 Å². The first-order chi connectivity index (χ1) is 41.6. The molecular weight excluding hydrogens is 1160 g/mol. The van der Waals surface area contributed by atoms with E-state index in [4.69, 9.17) is 9.44 Å². The lowest BCUT2D eigenvalue weighted by Gasteiger charge is -2.37. The van der Waals surface area contributed by atoms with E-state index >= 15 is 0 Å². The fourth-order valence-corrected chi connectivity index (χ4v) is 12.2. The first-order valence-corrected chi connectivity index (χ1v) is 29.7. The minimum absolute atomic E-state index is 0.0736. The lowest BCUT2D eigenvalue weighted by atomic mass is 9.84. The lowest BCUT2D eigenvalue weighted by molar-refractivity contribution is -0.433. The molecule has 0 radical (unpaired) electrons. The molecule has 4 heterocycles. The van der Waals surface area contributed by atoms with Crippen LogP contribution in [0.2, 0.25) is 0 Å². The summed E-state index contributed by atoms with van der Waals surface area (Å²) in [5.41, 5.74) is 3.58. The van der Waals surface area contributed by atoms with Crippen molar-refractivity contribution in [3.63, 3.8) is 0 Å². The summed E-state index contributed by atoms with van der Waals surface area (Å²) < 4.78 is 9.31. The number of hydrogen-bond acceptors (Lipinski definition) is 22. The van der Waals surface area contributed by atoms with Gasteiger partial charge in [0.05, 0.1) is 49.1 Å². The third kappa shape index (κ3) is 16.2. The normalized spacial score (nSPS) is 27.7. The van der Waals surface area contributed by atoms with E-state index < -0.39 is 165 Å². The molecule has 28 nitrogen and oxygen atoms in total. The van der Waals surface area contributed by atoms with Crippen molar-refractivity contribution in [2.75, 3.05) is 55.6 Å². The van der Waals surface area contributed by atoms with E-state index in [1.165, 1.54) is 50.7 Å². The van der Waals surface area contributed by atoms with Gasteiger partial charge in [-0.3, -0.25) is 33.6 Å². The topological polar surface area (TPSA) is 406 Å². The van der Waals surface area contributed by atoms with Crippen molar-refractivity contribution in [2.45, 2.75) is 150 Å². The van der Waals surface area contributed by atoms with Gasteiger partial charge in [0.25, 0.3) is 18.2 Å². The lowest BCUT2D eigenvalue weighted by Crippen LogP contribution is -2.64. The van der Waals surface area contributed by atoms with Crippen molar-refractivity contribution in [3.8, 4) is 17.6 Å². The summed E-state index contributed by atoms with van der Waals surface area (Å²) in [6, 6.07) is 9.43. The summed E-state index contributed by atoms with van der Waals surface area (Å²) in [6.45, 7) is 3.95. The summed E-state index contributed by atoms with van der Waals surface area (Å²) in [5.74, 6) is -8.85.